The Morgan fingerprint density at radius 3 is 2.33 bits per heavy atom. The molecule has 0 amide bonds. The summed E-state index contributed by atoms with van der Waals surface area (Å²) in [6.45, 7) is 0. The molecular weight excluding hydrogens is 133 g/mol. The van der Waals surface area contributed by atoms with Crippen LogP contribution in [-0.4, -0.2) is 10.2 Å². The maximum Gasteiger partial charge on any atom is 0.271 e. The third kappa shape index (κ3) is 0.984. The molecular formula is C4HF3N2. The average Bonchev–Trinajstić information content (AvgIpc) is 1.83. The standard InChI is InChI=1S/C4HF3N2/c5-2-1-8-9-4(7)3(2)6/h1H. The van der Waals surface area contributed by atoms with Gasteiger partial charge in [-0.3, -0.25) is 0 Å². The molecule has 0 bridgehead atoms. The Balaban J connectivity index is 3.25. The van der Waals surface area contributed by atoms with Gasteiger partial charge < -0.3 is 0 Å². The highest BCUT2D eigenvalue weighted by atomic mass is 19.2. The van der Waals surface area contributed by atoms with E-state index in [0.717, 1.165) is 0 Å². The second-order valence-electron chi connectivity index (χ2n) is 1.30. The Hall–Kier alpha value is -1.13. The lowest BCUT2D eigenvalue weighted by Crippen LogP contribution is -1.95. The van der Waals surface area contributed by atoms with Crippen LogP contribution in [-0.2, 0) is 0 Å². The van der Waals surface area contributed by atoms with Gasteiger partial charge in [0, 0.05) is 0 Å². The number of halogens is 3. The third-order valence-corrected chi connectivity index (χ3v) is 0.707. The predicted molar refractivity (Wildman–Crippen MR) is 21.9 cm³/mol. The maximum absolute atomic E-state index is 11.9. The molecule has 2 nitrogen and oxygen atoms in total. The largest absolute Gasteiger partial charge is 0.271 e. The molecule has 1 aromatic heterocycles. The topological polar surface area (TPSA) is 25.8 Å². The highest BCUT2D eigenvalue weighted by molar-refractivity contribution is 4.93. The second-order valence-corrected chi connectivity index (χ2v) is 1.30. The Morgan fingerprint density at radius 1 is 1.22 bits per heavy atom. The van der Waals surface area contributed by atoms with Crippen LogP contribution in [0.15, 0.2) is 6.20 Å². The summed E-state index contributed by atoms with van der Waals surface area (Å²) in [5, 5.41) is 5.41. The van der Waals surface area contributed by atoms with Crippen molar-refractivity contribution >= 4 is 0 Å². The van der Waals surface area contributed by atoms with Crippen molar-refractivity contribution in [2.45, 2.75) is 0 Å². The fourth-order valence-corrected chi connectivity index (χ4v) is 0.329. The highest BCUT2D eigenvalue weighted by Crippen LogP contribution is 2.03. The lowest BCUT2D eigenvalue weighted by molar-refractivity contribution is 0.413. The zero-order valence-electron chi connectivity index (χ0n) is 4.11. The predicted octanol–water partition coefficient (Wildman–Crippen LogP) is 0.894. The van der Waals surface area contributed by atoms with Crippen LogP contribution in [0.5, 0.6) is 0 Å². The number of hydrogen-bond donors (Lipinski definition) is 0. The first kappa shape index (κ1) is 6.00. The van der Waals surface area contributed by atoms with Crippen LogP contribution >= 0.6 is 0 Å². The first-order valence-corrected chi connectivity index (χ1v) is 2.04. The van der Waals surface area contributed by atoms with Gasteiger partial charge in [-0.25, -0.2) is 4.39 Å². The Kier molecular flexibility index (Phi) is 1.33. The zero-order chi connectivity index (χ0) is 6.85. The van der Waals surface area contributed by atoms with Crippen LogP contribution in [0.25, 0.3) is 0 Å². The molecule has 0 unspecified atom stereocenters. The molecule has 1 aromatic rings. The summed E-state index contributed by atoms with van der Waals surface area (Å²) in [4.78, 5) is 0. The van der Waals surface area contributed by atoms with Gasteiger partial charge in [0.05, 0.1) is 6.20 Å². The van der Waals surface area contributed by atoms with Crippen LogP contribution in [0.4, 0.5) is 13.2 Å². The molecule has 0 fully saturated rings. The molecule has 0 radical (unpaired) electrons. The molecule has 0 aliphatic carbocycles. The third-order valence-electron chi connectivity index (χ3n) is 0.707. The van der Waals surface area contributed by atoms with Gasteiger partial charge >= 0.3 is 0 Å². The van der Waals surface area contributed by atoms with Crippen molar-refractivity contribution in [3.63, 3.8) is 0 Å². The van der Waals surface area contributed by atoms with E-state index >= 15 is 0 Å². The van der Waals surface area contributed by atoms with E-state index in [2.05, 4.69) is 10.2 Å². The lowest BCUT2D eigenvalue weighted by Gasteiger charge is -1.87. The van der Waals surface area contributed by atoms with Crippen molar-refractivity contribution in [1.82, 2.24) is 10.2 Å². The van der Waals surface area contributed by atoms with E-state index in [0.29, 0.717) is 6.20 Å². The number of rotatable bonds is 0. The molecule has 0 aromatic carbocycles. The summed E-state index contributed by atoms with van der Waals surface area (Å²) in [5.41, 5.74) is 0. The summed E-state index contributed by atoms with van der Waals surface area (Å²) in [6.07, 6.45) is 0.498. The fraction of sp³-hybridized carbons (Fsp3) is 0. The quantitative estimate of drug-likeness (QED) is 0.526. The van der Waals surface area contributed by atoms with E-state index in [4.69, 9.17) is 0 Å². The Bertz CT molecular complexity index is 205. The van der Waals surface area contributed by atoms with E-state index in [1.54, 1.807) is 0 Å². The second kappa shape index (κ2) is 2.00. The van der Waals surface area contributed by atoms with Gasteiger partial charge in [0.2, 0.25) is 5.82 Å². The molecule has 0 atom stereocenters. The summed E-state index contributed by atoms with van der Waals surface area (Å²) in [5.74, 6) is -4.44. The van der Waals surface area contributed by atoms with Crippen LogP contribution in [0.3, 0.4) is 0 Å². The van der Waals surface area contributed by atoms with Gasteiger partial charge in [-0.2, -0.15) is 13.9 Å². The normalized spacial score (nSPS) is 9.67. The van der Waals surface area contributed by atoms with Gasteiger partial charge in [-0.05, 0) is 0 Å². The maximum atomic E-state index is 11.9. The Morgan fingerprint density at radius 2 is 1.89 bits per heavy atom. The van der Waals surface area contributed by atoms with Crippen LogP contribution in [0.1, 0.15) is 0 Å². The van der Waals surface area contributed by atoms with Crippen molar-refractivity contribution in [3.05, 3.63) is 23.8 Å². The Labute approximate surface area is 48.3 Å². The minimum absolute atomic E-state index is 0.498. The number of nitrogens with zero attached hydrogens (tertiary/aromatic N) is 2. The minimum atomic E-state index is -1.59. The van der Waals surface area contributed by atoms with E-state index in [1.807, 2.05) is 0 Å². The molecule has 5 heteroatoms. The molecule has 1 heterocycles. The van der Waals surface area contributed by atoms with Crippen LogP contribution < -0.4 is 0 Å². The summed E-state index contributed by atoms with van der Waals surface area (Å²) >= 11 is 0. The average molecular weight is 134 g/mol. The number of hydrogen-bond acceptors (Lipinski definition) is 2. The van der Waals surface area contributed by atoms with Gasteiger partial charge in [0.25, 0.3) is 5.95 Å². The van der Waals surface area contributed by atoms with E-state index in [-0.39, 0.29) is 0 Å². The van der Waals surface area contributed by atoms with E-state index < -0.39 is 17.6 Å². The fourth-order valence-electron chi connectivity index (χ4n) is 0.329. The SMILES string of the molecule is Fc1cnnc(F)c1F. The zero-order valence-corrected chi connectivity index (χ0v) is 4.11. The first-order chi connectivity index (χ1) is 4.22. The van der Waals surface area contributed by atoms with Crippen LogP contribution in [0, 0.1) is 17.6 Å². The molecule has 0 saturated carbocycles. The molecule has 48 valence electrons. The molecule has 0 saturated heterocycles. The molecule has 1 rings (SSSR count). The van der Waals surface area contributed by atoms with Crippen molar-refractivity contribution < 1.29 is 13.2 Å². The van der Waals surface area contributed by atoms with Crippen molar-refractivity contribution in [1.29, 1.82) is 0 Å². The minimum Gasteiger partial charge on any atom is -0.202 e. The van der Waals surface area contributed by atoms with Gasteiger partial charge in [-0.1, -0.05) is 0 Å². The lowest BCUT2D eigenvalue weighted by atomic mass is 10.5. The first-order valence-electron chi connectivity index (χ1n) is 2.04. The van der Waals surface area contributed by atoms with Crippen LogP contribution in [0.2, 0.25) is 0 Å². The summed E-state index contributed by atoms with van der Waals surface area (Å²) in [6, 6.07) is 0. The number of aromatic nitrogens is 2. The van der Waals surface area contributed by atoms with Gasteiger partial charge in [0.1, 0.15) is 0 Å². The molecule has 0 aliphatic rings. The van der Waals surface area contributed by atoms with Crippen molar-refractivity contribution in [2.75, 3.05) is 0 Å². The van der Waals surface area contributed by atoms with E-state index in [1.165, 1.54) is 0 Å². The highest BCUT2D eigenvalue weighted by Gasteiger charge is 2.07. The molecule has 0 N–H and O–H groups in total. The van der Waals surface area contributed by atoms with Crippen molar-refractivity contribution in [2.24, 2.45) is 0 Å². The summed E-state index contributed by atoms with van der Waals surface area (Å²) in [7, 11) is 0. The monoisotopic (exact) mass is 134 g/mol. The smallest absolute Gasteiger partial charge is 0.202 e. The van der Waals surface area contributed by atoms with Gasteiger partial charge in [0.15, 0.2) is 5.82 Å². The summed E-state index contributed by atoms with van der Waals surface area (Å²) < 4.78 is 35.5. The molecule has 0 spiro atoms. The van der Waals surface area contributed by atoms with E-state index in [9.17, 15) is 13.2 Å². The van der Waals surface area contributed by atoms with Gasteiger partial charge in [-0.15, -0.1) is 5.10 Å². The van der Waals surface area contributed by atoms with Crippen molar-refractivity contribution in [3.8, 4) is 0 Å². The molecule has 9 heavy (non-hydrogen) atoms. The molecule has 0 aliphatic heterocycles.